The second kappa shape index (κ2) is 6.97. The maximum absolute atomic E-state index is 5.39. The quantitative estimate of drug-likeness (QED) is 0.698. The van der Waals surface area contributed by atoms with Crippen LogP contribution in [0, 0.1) is 0 Å². The first-order valence-corrected chi connectivity index (χ1v) is 9.26. The fourth-order valence-corrected chi connectivity index (χ4v) is 4.01. The fraction of sp³-hybridized carbons (Fsp3) is 0.471. The molecule has 0 radical (unpaired) electrons. The molecular weight excluding hydrogens is 338 g/mol. The minimum Gasteiger partial charge on any atom is -0.493 e. The van der Waals surface area contributed by atoms with E-state index in [9.17, 15) is 0 Å². The molecule has 4 rings (SSSR count). The molecule has 3 aromatic rings. The molecule has 8 heteroatoms. The molecule has 0 aliphatic carbocycles. The zero-order valence-electron chi connectivity index (χ0n) is 14.4. The van der Waals surface area contributed by atoms with E-state index in [0.29, 0.717) is 11.5 Å². The van der Waals surface area contributed by atoms with Crippen molar-refractivity contribution in [1.29, 1.82) is 0 Å². The predicted octanol–water partition coefficient (Wildman–Crippen LogP) is 2.86. The van der Waals surface area contributed by atoms with Crippen LogP contribution in [0.5, 0.6) is 11.5 Å². The lowest BCUT2D eigenvalue weighted by atomic mass is 10.1. The highest BCUT2D eigenvalue weighted by atomic mass is 32.1. The largest absolute Gasteiger partial charge is 0.493 e. The average molecular weight is 359 g/mol. The van der Waals surface area contributed by atoms with Crippen molar-refractivity contribution in [3.8, 4) is 22.1 Å². The van der Waals surface area contributed by atoms with E-state index in [1.807, 2.05) is 22.7 Å². The van der Waals surface area contributed by atoms with Crippen LogP contribution in [0.4, 0.5) is 0 Å². The molecule has 25 heavy (non-hydrogen) atoms. The van der Waals surface area contributed by atoms with Crippen LogP contribution in [0.3, 0.4) is 0 Å². The van der Waals surface area contributed by atoms with Gasteiger partial charge in [0, 0.05) is 5.56 Å². The van der Waals surface area contributed by atoms with Gasteiger partial charge in [0.2, 0.25) is 4.96 Å². The van der Waals surface area contributed by atoms with Gasteiger partial charge >= 0.3 is 0 Å². The number of rotatable bonds is 5. The van der Waals surface area contributed by atoms with Gasteiger partial charge in [-0.2, -0.15) is 9.61 Å². The molecule has 0 unspecified atom stereocenters. The third-order valence-corrected chi connectivity index (χ3v) is 5.45. The summed E-state index contributed by atoms with van der Waals surface area (Å²) in [6.07, 6.45) is 3.84. The van der Waals surface area contributed by atoms with Crippen molar-refractivity contribution in [3.05, 3.63) is 24.0 Å². The second-order valence-corrected chi connectivity index (χ2v) is 7.08. The van der Waals surface area contributed by atoms with E-state index in [1.54, 1.807) is 14.2 Å². The monoisotopic (exact) mass is 359 g/mol. The van der Waals surface area contributed by atoms with Crippen LogP contribution in [0.15, 0.2) is 18.2 Å². The normalized spacial score (nSPS) is 15.6. The fourth-order valence-electron chi connectivity index (χ4n) is 3.16. The van der Waals surface area contributed by atoms with Gasteiger partial charge in [-0.25, -0.2) is 0 Å². The minimum atomic E-state index is 0.694. The summed E-state index contributed by atoms with van der Waals surface area (Å²) < 4.78 is 12.6. The van der Waals surface area contributed by atoms with Crippen LogP contribution in [0.2, 0.25) is 0 Å². The number of likely N-dealkylation sites (tertiary alicyclic amines) is 1. The van der Waals surface area contributed by atoms with E-state index < -0.39 is 0 Å². The molecule has 1 aliphatic rings. The van der Waals surface area contributed by atoms with E-state index in [2.05, 4.69) is 15.1 Å². The number of ether oxygens (including phenoxy) is 2. The molecule has 0 N–H and O–H groups in total. The van der Waals surface area contributed by atoms with Crippen LogP contribution in [0.25, 0.3) is 15.5 Å². The van der Waals surface area contributed by atoms with Crippen molar-refractivity contribution < 1.29 is 9.47 Å². The van der Waals surface area contributed by atoms with Gasteiger partial charge in [-0.05, 0) is 44.1 Å². The summed E-state index contributed by atoms with van der Waals surface area (Å²) in [5.74, 6) is 2.31. The highest BCUT2D eigenvalue weighted by Gasteiger charge is 2.18. The molecule has 132 valence electrons. The first-order valence-electron chi connectivity index (χ1n) is 8.44. The van der Waals surface area contributed by atoms with Crippen molar-refractivity contribution >= 4 is 16.3 Å². The Kier molecular flexibility index (Phi) is 4.54. The number of hydrogen-bond acceptors (Lipinski definition) is 7. The van der Waals surface area contributed by atoms with Gasteiger partial charge in [0.05, 0.1) is 20.8 Å². The van der Waals surface area contributed by atoms with Crippen molar-refractivity contribution in [3.63, 3.8) is 0 Å². The van der Waals surface area contributed by atoms with E-state index in [1.165, 1.54) is 30.6 Å². The van der Waals surface area contributed by atoms with E-state index in [4.69, 9.17) is 14.6 Å². The van der Waals surface area contributed by atoms with E-state index in [0.717, 1.165) is 41.0 Å². The van der Waals surface area contributed by atoms with Crippen molar-refractivity contribution in [2.75, 3.05) is 27.3 Å². The summed E-state index contributed by atoms with van der Waals surface area (Å²) in [4.78, 5) is 3.24. The lowest BCUT2D eigenvalue weighted by Crippen LogP contribution is -2.30. The number of aromatic nitrogens is 4. The lowest BCUT2D eigenvalue weighted by molar-refractivity contribution is 0.214. The minimum absolute atomic E-state index is 0.694. The van der Waals surface area contributed by atoms with Crippen molar-refractivity contribution in [2.45, 2.75) is 25.8 Å². The summed E-state index contributed by atoms with van der Waals surface area (Å²) in [5.41, 5.74) is 0.983. The molecule has 3 heterocycles. The molecule has 1 aromatic carbocycles. The standard InChI is InChI=1S/C17H21N5O2S/c1-23-13-7-6-12(10-14(13)24-2)16-20-22-15(18-19-17(22)25-16)11-21-8-4-3-5-9-21/h6-7,10H,3-5,8-9,11H2,1-2H3. The summed E-state index contributed by atoms with van der Waals surface area (Å²) in [5, 5.41) is 14.2. The van der Waals surface area contributed by atoms with Gasteiger partial charge in [-0.1, -0.05) is 17.8 Å². The SMILES string of the molecule is COc1ccc(-c2nn3c(CN4CCCCC4)nnc3s2)cc1OC. The van der Waals surface area contributed by atoms with Crippen LogP contribution in [-0.2, 0) is 6.54 Å². The van der Waals surface area contributed by atoms with Gasteiger partial charge in [0.1, 0.15) is 5.01 Å². The summed E-state index contributed by atoms with van der Waals surface area (Å²) in [6.45, 7) is 3.06. The highest BCUT2D eigenvalue weighted by molar-refractivity contribution is 7.19. The number of piperidine rings is 1. The Morgan fingerprint density at radius 2 is 1.84 bits per heavy atom. The number of methoxy groups -OCH3 is 2. The Hall–Kier alpha value is -2.19. The van der Waals surface area contributed by atoms with Crippen LogP contribution >= 0.6 is 11.3 Å². The third-order valence-electron chi connectivity index (χ3n) is 4.50. The number of hydrogen-bond donors (Lipinski definition) is 0. The second-order valence-electron chi connectivity index (χ2n) is 6.12. The molecule has 1 fully saturated rings. The summed E-state index contributed by atoms with van der Waals surface area (Å²) >= 11 is 1.53. The van der Waals surface area contributed by atoms with Gasteiger partial charge in [-0.3, -0.25) is 4.90 Å². The molecule has 0 atom stereocenters. The predicted molar refractivity (Wildman–Crippen MR) is 96.3 cm³/mol. The molecule has 0 bridgehead atoms. The van der Waals surface area contributed by atoms with Gasteiger partial charge in [-0.15, -0.1) is 10.2 Å². The number of nitrogens with zero attached hydrogens (tertiary/aromatic N) is 5. The first-order chi connectivity index (χ1) is 12.3. The Labute approximate surface area is 150 Å². The lowest BCUT2D eigenvalue weighted by Gasteiger charge is -2.25. The number of fused-ring (bicyclic) bond motifs is 1. The molecule has 0 saturated carbocycles. The topological polar surface area (TPSA) is 64.8 Å². The van der Waals surface area contributed by atoms with Crippen molar-refractivity contribution in [2.24, 2.45) is 0 Å². The zero-order valence-corrected chi connectivity index (χ0v) is 15.3. The molecule has 0 amide bonds. The Morgan fingerprint density at radius 3 is 2.60 bits per heavy atom. The van der Waals surface area contributed by atoms with E-state index >= 15 is 0 Å². The Balaban J connectivity index is 1.63. The maximum atomic E-state index is 5.39. The molecule has 1 saturated heterocycles. The Bertz CT molecular complexity index is 869. The zero-order chi connectivity index (χ0) is 17.2. The average Bonchev–Trinajstić information content (AvgIpc) is 3.24. The molecule has 0 spiro atoms. The Morgan fingerprint density at radius 1 is 1.04 bits per heavy atom. The first kappa shape index (κ1) is 16.3. The van der Waals surface area contributed by atoms with Gasteiger partial charge in [0.25, 0.3) is 0 Å². The smallest absolute Gasteiger partial charge is 0.235 e. The molecule has 7 nitrogen and oxygen atoms in total. The van der Waals surface area contributed by atoms with Crippen molar-refractivity contribution in [1.82, 2.24) is 24.7 Å². The number of benzene rings is 1. The van der Waals surface area contributed by atoms with Crippen LogP contribution in [0.1, 0.15) is 25.1 Å². The van der Waals surface area contributed by atoms with E-state index in [-0.39, 0.29) is 0 Å². The molecule has 1 aliphatic heterocycles. The van der Waals surface area contributed by atoms with Gasteiger partial charge in [0.15, 0.2) is 17.3 Å². The molecule has 2 aromatic heterocycles. The third kappa shape index (κ3) is 3.19. The van der Waals surface area contributed by atoms with Crippen LogP contribution in [-0.4, -0.2) is 52.0 Å². The highest BCUT2D eigenvalue weighted by Crippen LogP contribution is 2.34. The summed E-state index contributed by atoms with van der Waals surface area (Å²) in [6, 6.07) is 5.82. The summed E-state index contributed by atoms with van der Waals surface area (Å²) in [7, 11) is 3.27. The molecular formula is C17H21N5O2S. The maximum Gasteiger partial charge on any atom is 0.235 e. The van der Waals surface area contributed by atoms with Crippen LogP contribution < -0.4 is 9.47 Å². The van der Waals surface area contributed by atoms with Gasteiger partial charge < -0.3 is 9.47 Å².